The van der Waals surface area contributed by atoms with Crippen molar-refractivity contribution in [1.29, 1.82) is 0 Å². The number of carboxylic acids is 1. The van der Waals surface area contributed by atoms with Crippen LogP contribution in [0.5, 0.6) is 5.88 Å². The third-order valence-corrected chi connectivity index (χ3v) is 1.34. The van der Waals surface area contributed by atoms with Crippen molar-refractivity contribution in [1.82, 2.24) is 4.98 Å². The first-order valence-electron chi connectivity index (χ1n) is 3.54. The number of ether oxygens (including phenoxy) is 1. The minimum atomic E-state index is -4.91. The number of nitrogens with two attached hydrogens (primary N) is 1. The van der Waals surface area contributed by atoms with Gasteiger partial charge in [-0.25, -0.2) is 9.78 Å². The molecule has 0 aliphatic heterocycles. The van der Waals surface area contributed by atoms with Crippen LogP contribution in [0.1, 0.15) is 10.4 Å². The molecule has 0 saturated heterocycles. The van der Waals surface area contributed by atoms with Gasteiger partial charge in [-0.05, 0) is 6.07 Å². The quantitative estimate of drug-likeness (QED) is 0.786. The van der Waals surface area contributed by atoms with Crippen molar-refractivity contribution in [2.45, 2.75) is 6.36 Å². The van der Waals surface area contributed by atoms with E-state index in [9.17, 15) is 18.0 Å². The average molecular weight is 222 g/mol. The molecule has 3 N–H and O–H groups in total. The first kappa shape index (κ1) is 11.1. The van der Waals surface area contributed by atoms with Crippen molar-refractivity contribution in [3.05, 3.63) is 17.8 Å². The van der Waals surface area contributed by atoms with Crippen LogP contribution in [0.25, 0.3) is 0 Å². The van der Waals surface area contributed by atoms with Gasteiger partial charge in [0.15, 0.2) is 0 Å². The molecule has 15 heavy (non-hydrogen) atoms. The zero-order valence-electron chi connectivity index (χ0n) is 7.08. The lowest BCUT2D eigenvalue weighted by atomic mass is 10.2. The Hall–Kier alpha value is -1.99. The van der Waals surface area contributed by atoms with Gasteiger partial charge in [0.25, 0.3) is 0 Å². The van der Waals surface area contributed by atoms with Gasteiger partial charge in [0.2, 0.25) is 5.88 Å². The minimum Gasteiger partial charge on any atom is -0.478 e. The van der Waals surface area contributed by atoms with Gasteiger partial charge in [0.1, 0.15) is 0 Å². The molecule has 0 bridgehead atoms. The average Bonchev–Trinajstić information content (AvgIpc) is 2.05. The predicted molar refractivity (Wildman–Crippen MR) is 42.3 cm³/mol. The fourth-order valence-electron chi connectivity index (χ4n) is 0.781. The van der Waals surface area contributed by atoms with Crippen LogP contribution in [-0.2, 0) is 0 Å². The largest absolute Gasteiger partial charge is 0.574 e. The van der Waals surface area contributed by atoms with E-state index in [1.165, 1.54) is 0 Å². The van der Waals surface area contributed by atoms with Crippen LogP contribution in [0.3, 0.4) is 0 Å². The summed E-state index contributed by atoms with van der Waals surface area (Å²) in [5.41, 5.74) is 4.30. The molecule has 0 spiro atoms. The summed E-state index contributed by atoms with van der Waals surface area (Å²) < 4.78 is 38.7. The maximum Gasteiger partial charge on any atom is 0.574 e. The number of hydrogen-bond acceptors (Lipinski definition) is 4. The number of aromatic carboxylic acids is 1. The number of anilines is 1. The summed E-state index contributed by atoms with van der Waals surface area (Å²) in [6.07, 6.45) is -4.19. The van der Waals surface area contributed by atoms with Gasteiger partial charge >= 0.3 is 12.3 Å². The molecule has 1 aromatic heterocycles. The van der Waals surface area contributed by atoms with Crippen LogP contribution in [0, 0.1) is 0 Å². The zero-order chi connectivity index (χ0) is 11.6. The molecule has 1 aromatic rings. The highest BCUT2D eigenvalue weighted by Crippen LogP contribution is 2.26. The SMILES string of the molecule is Nc1cc(C(=O)O)cnc1OC(F)(F)F. The van der Waals surface area contributed by atoms with Crippen LogP contribution < -0.4 is 10.5 Å². The second kappa shape index (κ2) is 3.64. The third-order valence-electron chi connectivity index (χ3n) is 1.34. The summed E-state index contributed by atoms with van der Waals surface area (Å²) in [5, 5.41) is 8.47. The monoisotopic (exact) mass is 222 g/mol. The molecule has 0 saturated carbocycles. The molecule has 0 aliphatic carbocycles. The van der Waals surface area contributed by atoms with Gasteiger partial charge in [-0.3, -0.25) is 0 Å². The normalized spacial score (nSPS) is 11.1. The Labute approximate surface area is 81.3 Å². The summed E-state index contributed by atoms with van der Waals surface area (Å²) in [5.74, 6) is -2.21. The molecular formula is C7H5F3N2O3. The molecule has 82 valence electrons. The number of carboxylic acid groups (broad SMARTS) is 1. The number of nitrogen functional groups attached to an aromatic ring is 1. The molecule has 0 aromatic carbocycles. The Balaban J connectivity index is 2.99. The van der Waals surface area contributed by atoms with E-state index in [0.29, 0.717) is 0 Å². The Bertz CT molecular complexity index is 392. The molecule has 0 fully saturated rings. The van der Waals surface area contributed by atoms with Crippen LogP contribution in [0.15, 0.2) is 12.3 Å². The Morgan fingerprint density at radius 2 is 2.13 bits per heavy atom. The van der Waals surface area contributed by atoms with E-state index in [2.05, 4.69) is 9.72 Å². The zero-order valence-corrected chi connectivity index (χ0v) is 7.08. The summed E-state index contributed by atoms with van der Waals surface area (Å²) in [4.78, 5) is 13.5. The van der Waals surface area contributed by atoms with Gasteiger partial charge < -0.3 is 15.6 Å². The van der Waals surface area contributed by atoms with E-state index >= 15 is 0 Å². The van der Waals surface area contributed by atoms with Gasteiger partial charge in [-0.1, -0.05) is 0 Å². The molecule has 1 heterocycles. The van der Waals surface area contributed by atoms with Crippen molar-refractivity contribution in [3.8, 4) is 5.88 Å². The van der Waals surface area contributed by atoms with E-state index in [0.717, 1.165) is 12.3 Å². The minimum absolute atomic E-state index is 0.318. The molecule has 0 aliphatic rings. The Morgan fingerprint density at radius 1 is 1.53 bits per heavy atom. The van der Waals surface area contributed by atoms with Gasteiger partial charge in [0.05, 0.1) is 11.3 Å². The number of alkyl halides is 3. The first-order valence-corrected chi connectivity index (χ1v) is 3.54. The van der Waals surface area contributed by atoms with Gasteiger partial charge in [-0.15, -0.1) is 13.2 Å². The van der Waals surface area contributed by atoms with Crippen molar-refractivity contribution in [2.24, 2.45) is 0 Å². The van der Waals surface area contributed by atoms with Crippen molar-refractivity contribution in [2.75, 3.05) is 5.73 Å². The smallest absolute Gasteiger partial charge is 0.478 e. The Morgan fingerprint density at radius 3 is 2.53 bits per heavy atom. The maximum atomic E-state index is 11.7. The van der Waals surface area contributed by atoms with Crippen LogP contribution in [0.4, 0.5) is 18.9 Å². The topological polar surface area (TPSA) is 85.4 Å². The van der Waals surface area contributed by atoms with E-state index in [1.54, 1.807) is 0 Å². The molecule has 0 unspecified atom stereocenters. The van der Waals surface area contributed by atoms with E-state index in [-0.39, 0.29) is 5.56 Å². The lowest BCUT2D eigenvalue weighted by molar-refractivity contribution is -0.275. The number of nitrogens with zero attached hydrogens (tertiary/aromatic N) is 1. The molecule has 1 rings (SSSR count). The second-order valence-electron chi connectivity index (χ2n) is 2.47. The lowest BCUT2D eigenvalue weighted by Gasteiger charge is -2.09. The molecule has 5 nitrogen and oxygen atoms in total. The highest BCUT2D eigenvalue weighted by atomic mass is 19.4. The maximum absolute atomic E-state index is 11.7. The van der Waals surface area contributed by atoms with E-state index in [4.69, 9.17) is 10.8 Å². The van der Waals surface area contributed by atoms with Crippen molar-refractivity contribution in [3.63, 3.8) is 0 Å². The molecular weight excluding hydrogens is 217 g/mol. The molecule has 0 amide bonds. The third kappa shape index (κ3) is 3.01. The lowest BCUT2D eigenvalue weighted by Crippen LogP contribution is -2.19. The second-order valence-corrected chi connectivity index (χ2v) is 2.47. The number of rotatable bonds is 2. The van der Waals surface area contributed by atoms with Gasteiger partial charge in [0, 0.05) is 6.20 Å². The van der Waals surface area contributed by atoms with Crippen LogP contribution >= 0.6 is 0 Å². The highest BCUT2D eigenvalue weighted by molar-refractivity contribution is 5.88. The number of hydrogen-bond donors (Lipinski definition) is 2. The Kier molecular flexibility index (Phi) is 2.69. The number of carbonyl (C=O) groups is 1. The summed E-state index contributed by atoms with van der Waals surface area (Å²) in [6, 6.07) is 0.830. The molecule has 0 atom stereocenters. The summed E-state index contributed by atoms with van der Waals surface area (Å²) >= 11 is 0. The highest BCUT2D eigenvalue weighted by Gasteiger charge is 2.32. The number of halogens is 3. The van der Waals surface area contributed by atoms with Crippen molar-refractivity contribution < 1.29 is 27.8 Å². The first-order chi connectivity index (χ1) is 6.79. The fraction of sp³-hybridized carbons (Fsp3) is 0.143. The van der Waals surface area contributed by atoms with Crippen LogP contribution in [-0.4, -0.2) is 22.4 Å². The standard InChI is InChI=1S/C7H5F3N2O3/c8-7(9,10)15-5-4(11)1-3(2-12-5)6(13)14/h1-2H,11H2,(H,13,14). The van der Waals surface area contributed by atoms with E-state index in [1.807, 2.05) is 0 Å². The van der Waals surface area contributed by atoms with Crippen molar-refractivity contribution >= 4 is 11.7 Å². The number of aromatic nitrogens is 1. The predicted octanol–water partition coefficient (Wildman–Crippen LogP) is 1.26. The molecule has 8 heteroatoms. The summed E-state index contributed by atoms with van der Waals surface area (Å²) in [7, 11) is 0. The fourth-order valence-corrected chi connectivity index (χ4v) is 0.781. The number of pyridine rings is 1. The van der Waals surface area contributed by atoms with Gasteiger partial charge in [-0.2, -0.15) is 0 Å². The van der Waals surface area contributed by atoms with E-state index < -0.39 is 23.9 Å². The summed E-state index contributed by atoms with van der Waals surface area (Å²) in [6.45, 7) is 0. The molecule has 0 radical (unpaired) electrons. The van der Waals surface area contributed by atoms with Crippen LogP contribution in [0.2, 0.25) is 0 Å².